The second kappa shape index (κ2) is 6.51. The standard InChI is InChI=1S/C12H20O4/c1-2-7-16-12(15)10(11(13)14)8-9-5-3-4-6-9/h9-10H,2-8H2,1H3,(H,13,14)/t10-/m0/s1. The van der Waals surface area contributed by atoms with Gasteiger partial charge in [-0.2, -0.15) is 0 Å². The van der Waals surface area contributed by atoms with E-state index in [4.69, 9.17) is 9.84 Å². The van der Waals surface area contributed by atoms with Crippen LogP contribution in [0, 0.1) is 11.8 Å². The number of rotatable bonds is 6. The first-order valence-electron chi connectivity index (χ1n) is 6.04. The van der Waals surface area contributed by atoms with Crippen molar-refractivity contribution in [3.63, 3.8) is 0 Å². The van der Waals surface area contributed by atoms with Gasteiger partial charge in [0.05, 0.1) is 6.61 Å². The molecule has 92 valence electrons. The summed E-state index contributed by atoms with van der Waals surface area (Å²) in [6.45, 7) is 2.20. The quantitative estimate of drug-likeness (QED) is 0.559. The van der Waals surface area contributed by atoms with Crippen molar-refractivity contribution in [2.45, 2.75) is 45.4 Å². The van der Waals surface area contributed by atoms with Crippen molar-refractivity contribution in [1.29, 1.82) is 0 Å². The Balaban J connectivity index is 2.45. The smallest absolute Gasteiger partial charge is 0.320 e. The third kappa shape index (κ3) is 3.83. The molecule has 0 aromatic heterocycles. The molecule has 0 saturated heterocycles. The van der Waals surface area contributed by atoms with Crippen molar-refractivity contribution in [3.8, 4) is 0 Å². The van der Waals surface area contributed by atoms with Gasteiger partial charge in [0.2, 0.25) is 0 Å². The second-order valence-corrected chi connectivity index (χ2v) is 4.44. The van der Waals surface area contributed by atoms with Gasteiger partial charge in [-0.25, -0.2) is 0 Å². The van der Waals surface area contributed by atoms with Crippen LogP contribution < -0.4 is 0 Å². The fraction of sp³-hybridized carbons (Fsp3) is 0.833. The Morgan fingerprint density at radius 1 is 1.38 bits per heavy atom. The maximum Gasteiger partial charge on any atom is 0.320 e. The first-order chi connectivity index (χ1) is 7.65. The minimum atomic E-state index is -1.05. The largest absolute Gasteiger partial charge is 0.481 e. The van der Waals surface area contributed by atoms with Crippen LogP contribution in [-0.2, 0) is 14.3 Å². The first-order valence-corrected chi connectivity index (χ1v) is 6.04. The van der Waals surface area contributed by atoms with Gasteiger partial charge in [-0.05, 0) is 18.8 Å². The monoisotopic (exact) mass is 228 g/mol. The van der Waals surface area contributed by atoms with Crippen molar-refractivity contribution in [3.05, 3.63) is 0 Å². The van der Waals surface area contributed by atoms with Gasteiger partial charge < -0.3 is 9.84 Å². The van der Waals surface area contributed by atoms with Crippen LogP contribution in [0.1, 0.15) is 45.4 Å². The highest BCUT2D eigenvalue weighted by Crippen LogP contribution is 2.30. The molecule has 0 amide bonds. The summed E-state index contributed by atoms with van der Waals surface area (Å²) in [7, 11) is 0. The molecule has 0 bridgehead atoms. The third-order valence-corrected chi connectivity index (χ3v) is 3.07. The molecule has 1 N–H and O–H groups in total. The summed E-state index contributed by atoms with van der Waals surface area (Å²) in [6, 6.07) is 0. The minimum absolute atomic E-state index is 0.313. The van der Waals surface area contributed by atoms with E-state index in [1.807, 2.05) is 6.92 Å². The van der Waals surface area contributed by atoms with Crippen molar-refractivity contribution in [1.82, 2.24) is 0 Å². The van der Waals surface area contributed by atoms with Crippen LogP contribution >= 0.6 is 0 Å². The van der Waals surface area contributed by atoms with Crippen LogP contribution in [0.15, 0.2) is 0 Å². The number of ether oxygens (including phenoxy) is 1. The fourth-order valence-corrected chi connectivity index (χ4v) is 2.18. The van der Waals surface area contributed by atoms with Gasteiger partial charge in [0, 0.05) is 0 Å². The summed E-state index contributed by atoms with van der Waals surface area (Å²) in [5.41, 5.74) is 0. The van der Waals surface area contributed by atoms with Crippen LogP contribution in [0.4, 0.5) is 0 Å². The highest BCUT2D eigenvalue weighted by Gasteiger charge is 2.31. The number of carbonyl (C=O) groups excluding carboxylic acids is 1. The lowest BCUT2D eigenvalue weighted by Crippen LogP contribution is -2.28. The molecule has 4 nitrogen and oxygen atoms in total. The van der Waals surface area contributed by atoms with Gasteiger partial charge in [0.1, 0.15) is 0 Å². The summed E-state index contributed by atoms with van der Waals surface area (Å²) in [4.78, 5) is 22.5. The third-order valence-electron chi connectivity index (χ3n) is 3.07. The van der Waals surface area contributed by atoms with Gasteiger partial charge in [0.25, 0.3) is 0 Å². The highest BCUT2D eigenvalue weighted by molar-refractivity contribution is 5.93. The molecule has 0 heterocycles. The summed E-state index contributed by atoms with van der Waals surface area (Å²) in [5.74, 6) is -2.20. The lowest BCUT2D eigenvalue weighted by atomic mass is 9.93. The van der Waals surface area contributed by atoms with Gasteiger partial charge in [-0.15, -0.1) is 0 Å². The summed E-state index contributed by atoms with van der Waals surface area (Å²) < 4.78 is 4.91. The molecule has 16 heavy (non-hydrogen) atoms. The average Bonchev–Trinajstić information content (AvgIpc) is 2.74. The Bertz CT molecular complexity index is 243. The number of aliphatic carboxylic acids is 1. The first kappa shape index (κ1) is 13.0. The maximum absolute atomic E-state index is 11.5. The van der Waals surface area contributed by atoms with Crippen molar-refractivity contribution in [2.75, 3.05) is 6.61 Å². The summed E-state index contributed by atoms with van der Waals surface area (Å²) in [6.07, 6.45) is 5.57. The van der Waals surface area contributed by atoms with E-state index >= 15 is 0 Å². The number of hydrogen-bond donors (Lipinski definition) is 1. The number of esters is 1. The van der Waals surface area contributed by atoms with E-state index in [1.165, 1.54) is 0 Å². The van der Waals surface area contributed by atoms with Crippen LogP contribution in [0.25, 0.3) is 0 Å². The molecule has 0 aromatic rings. The Kier molecular flexibility index (Phi) is 5.29. The molecule has 0 spiro atoms. The number of carboxylic acids is 1. The molecule has 1 fully saturated rings. The highest BCUT2D eigenvalue weighted by atomic mass is 16.5. The molecular formula is C12H20O4. The average molecular weight is 228 g/mol. The van der Waals surface area contributed by atoms with Crippen LogP contribution in [-0.4, -0.2) is 23.7 Å². The Morgan fingerprint density at radius 2 is 2.00 bits per heavy atom. The SMILES string of the molecule is CCCOC(=O)[C@@H](CC1CCCC1)C(=O)O. The van der Waals surface area contributed by atoms with Gasteiger partial charge in [-0.3, -0.25) is 9.59 Å². The number of carboxylic acid groups (broad SMARTS) is 1. The Morgan fingerprint density at radius 3 is 2.50 bits per heavy atom. The maximum atomic E-state index is 11.5. The Hall–Kier alpha value is -1.06. The van der Waals surface area contributed by atoms with Gasteiger partial charge in [-0.1, -0.05) is 32.6 Å². The minimum Gasteiger partial charge on any atom is -0.481 e. The van der Waals surface area contributed by atoms with E-state index in [-0.39, 0.29) is 0 Å². The molecule has 0 radical (unpaired) electrons. The molecule has 0 aliphatic heterocycles. The fourth-order valence-electron chi connectivity index (χ4n) is 2.18. The zero-order valence-electron chi connectivity index (χ0n) is 9.78. The summed E-state index contributed by atoms with van der Waals surface area (Å²) >= 11 is 0. The zero-order chi connectivity index (χ0) is 12.0. The van der Waals surface area contributed by atoms with E-state index < -0.39 is 17.9 Å². The van der Waals surface area contributed by atoms with Crippen LogP contribution in [0.2, 0.25) is 0 Å². The molecule has 1 saturated carbocycles. The van der Waals surface area contributed by atoms with E-state index in [9.17, 15) is 9.59 Å². The number of carbonyl (C=O) groups is 2. The van der Waals surface area contributed by atoms with Crippen molar-refractivity contribution >= 4 is 11.9 Å². The normalized spacial score (nSPS) is 18.3. The van der Waals surface area contributed by atoms with Crippen LogP contribution in [0.3, 0.4) is 0 Å². The molecule has 1 rings (SSSR count). The molecule has 1 atom stereocenters. The lowest BCUT2D eigenvalue weighted by molar-refractivity contribution is -0.159. The Labute approximate surface area is 96.0 Å². The predicted molar refractivity (Wildman–Crippen MR) is 59.0 cm³/mol. The molecule has 1 aliphatic carbocycles. The molecule has 4 heteroatoms. The van der Waals surface area contributed by atoms with E-state index in [2.05, 4.69) is 0 Å². The zero-order valence-corrected chi connectivity index (χ0v) is 9.78. The lowest BCUT2D eigenvalue weighted by Gasteiger charge is -2.15. The number of hydrogen-bond acceptors (Lipinski definition) is 3. The molecular weight excluding hydrogens is 208 g/mol. The molecule has 0 unspecified atom stereocenters. The summed E-state index contributed by atoms with van der Waals surface area (Å²) in [5, 5.41) is 9.00. The molecule has 1 aliphatic rings. The predicted octanol–water partition coefficient (Wildman–Crippen LogP) is 2.22. The second-order valence-electron chi connectivity index (χ2n) is 4.44. The van der Waals surface area contributed by atoms with Gasteiger partial charge >= 0.3 is 11.9 Å². The molecule has 0 aromatic carbocycles. The van der Waals surface area contributed by atoms with Gasteiger partial charge in [0.15, 0.2) is 5.92 Å². The topological polar surface area (TPSA) is 63.6 Å². The van der Waals surface area contributed by atoms with Crippen LogP contribution in [0.5, 0.6) is 0 Å². The van der Waals surface area contributed by atoms with Crippen molar-refractivity contribution < 1.29 is 19.4 Å². The van der Waals surface area contributed by atoms with E-state index in [0.717, 1.165) is 32.1 Å². The van der Waals surface area contributed by atoms with Crippen molar-refractivity contribution in [2.24, 2.45) is 11.8 Å². The van der Waals surface area contributed by atoms with E-state index in [1.54, 1.807) is 0 Å². The van der Waals surface area contributed by atoms with E-state index in [0.29, 0.717) is 18.9 Å².